The number of hydrogen-bond acceptors (Lipinski definition) is 3. The third kappa shape index (κ3) is 3.67. The monoisotopic (exact) mass is 397 g/mol. The minimum Gasteiger partial charge on any atom is -0.337 e. The minimum absolute atomic E-state index is 0.0226. The third-order valence-electron chi connectivity index (χ3n) is 5.00. The summed E-state index contributed by atoms with van der Waals surface area (Å²) < 4.78 is 0. The first-order chi connectivity index (χ1) is 12.4. The van der Waals surface area contributed by atoms with E-state index in [0.717, 1.165) is 6.42 Å². The predicted octanol–water partition coefficient (Wildman–Crippen LogP) is 2.29. The zero-order valence-corrected chi connectivity index (χ0v) is 16.1. The van der Waals surface area contributed by atoms with Gasteiger partial charge in [0.2, 0.25) is 11.8 Å². The molecule has 1 atom stereocenters. The molecule has 0 N–H and O–H groups in total. The molecule has 3 rings (SSSR count). The van der Waals surface area contributed by atoms with Crippen LogP contribution >= 0.6 is 23.2 Å². The summed E-state index contributed by atoms with van der Waals surface area (Å²) in [5.41, 5.74) is 0.373. The maximum Gasteiger partial charge on any atom is 0.255 e. The number of hydrogen-bond donors (Lipinski definition) is 0. The van der Waals surface area contributed by atoms with E-state index in [4.69, 9.17) is 23.2 Å². The smallest absolute Gasteiger partial charge is 0.255 e. The molecule has 2 saturated heterocycles. The number of piperazine rings is 1. The summed E-state index contributed by atoms with van der Waals surface area (Å²) in [6, 6.07) is 4.62. The number of amides is 3. The van der Waals surface area contributed by atoms with E-state index in [1.165, 1.54) is 6.92 Å². The number of benzene rings is 1. The zero-order valence-electron chi connectivity index (χ0n) is 14.6. The van der Waals surface area contributed by atoms with Crippen molar-refractivity contribution in [3.05, 3.63) is 33.8 Å². The van der Waals surface area contributed by atoms with Gasteiger partial charge >= 0.3 is 0 Å². The molecule has 0 saturated carbocycles. The number of carbonyl (C=O) groups excluding carboxylic acids is 3. The van der Waals surface area contributed by atoms with Crippen molar-refractivity contribution in [3.63, 3.8) is 0 Å². The van der Waals surface area contributed by atoms with Crippen molar-refractivity contribution in [2.75, 3.05) is 32.7 Å². The van der Waals surface area contributed by atoms with Gasteiger partial charge in [0.05, 0.1) is 15.6 Å². The average molecular weight is 398 g/mol. The van der Waals surface area contributed by atoms with Gasteiger partial charge in [-0.3, -0.25) is 14.4 Å². The van der Waals surface area contributed by atoms with Gasteiger partial charge in [-0.2, -0.15) is 0 Å². The molecule has 1 aromatic rings. The highest BCUT2D eigenvalue weighted by atomic mass is 35.5. The van der Waals surface area contributed by atoms with Gasteiger partial charge in [-0.15, -0.1) is 0 Å². The summed E-state index contributed by atoms with van der Waals surface area (Å²) in [4.78, 5) is 42.2. The van der Waals surface area contributed by atoms with Crippen LogP contribution in [0.2, 0.25) is 10.0 Å². The summed E-state index contributed by atoms with van der Waals surface area (Å²) in [6.07, 6.45) is 1.55. The number of halogens is 2. The van der Waals surface area contributed by atoms with Crippen molar-refractivity contribution in [2.24, 2.45) is 0 Å². The second-order valence-corrected chi connectivity index (χ2v) is 7.37. The van der Waals surface area contributed by atoms with Gasteiger partial charge in [0, 0.05) is 39.6 Å². The molecule has 2 aliphatic heterocycles. The second kappa shape index (κ2) is 7.84. The Kier molecular flexibility index (Phi) is 5.73. The van der Waals surface area contributed by atoms with Crippen LogP contribution in [0.5, 0.6) is 0 Å². The van der Waals surface area contributed by atoms with E-state index in [1.807, 2.05) is 0 Å². The van der Waals surface area contributed by atoms with Crippen molar-refractivity contribution in [3.8, 4) is 0 Å². The molecule has 0 spiro atoms. The Bertz CT molecular complexity index is 732. The van der Waals surface area contributed by atoms with Crippen LogP contribution in [-0.2, 0) is 9.59 Å². The van der Waals surface area contributed by atoms with Crippen LogP contribution in [0.3, 0.4) is 0 Å². The summed E-state index contributed by atoms with van der Waals surface area (Å²) in [5, 5.41) is 0.595. The Morgan fingerprint density at radius 3 is 2.31 bits per heavy atom. The Morgan fingerprint density at radius 1 is 1.00 bits per heavy atom. The molecule has 26 heavy (non-hydrogen) atoms. The normalized spacial score (nSPS) is 20.4. The van der Waals surface area contributed by atoms with Gasteiger partial charge in [-0.25, -0.2) is 0 Å². The van der Waals surface area contributed by atoms with Crippen LogP contribution in [0.25, 0.3) is 0 Å². The van der Waals surface area contributed by atoms with Gasteiger partial charge < -0.3 is 14.7 Å². The first kappa shape index (κ1) is 19.0. The van der Waals surface area contributed by atoms with Crippen molar-refractivity contribution >= 4 is 40.9 Å². The topological polar surface area (TPSA) is 60.9 Å². The number of nitrogens with zero attached hydrogens (tertiary/aromatic N) is 3. The largest absolute Gasteiger partial charge is 0.337 e. The molecule has 0 bridgehead atoms. The highest BCUT2D eigenvalue weighted by molar-refractivity contribution is 6.43. The molecule has 1 aromatic carbocycles. The van der Waals surface area contributed by atoms with E-state index < -0.39 is 0 Å². The van der Waals surface area contributed by atoms with Crippen LogP contribution in [0.4, 0.5) is 0 Å². The summed E-state index contributed by atoms with van der Waals surface area (Å²) in [7, 11) is 0. The van der Waals surface area contributed by atoms with Gasteiger partial charge in [-0.1, -0.05) is 29.3 Å². The predicted molar refractivity (Wildman–Crippen MR) is 99.4 cm³/mol. The van der Waals surface area contributed by atoms with Gasteiger partial charge in [0.15, 0.2) is 0 Å². The van der Waals surface area contributed by atoms with Gasteiger partial charge in [0.25, 0.3) is 5.91 Å². The number of likely N-dealkylation sites (tertiary alicyclic amines) is 1. The maximum absolute atomic E-state index is 12.8. The van der Waals surface area contributed by atoms with Crippen molar-refractivity contribution in [1.29, 1.82) is 0 Å². The summed E-state index contributed by atoms with van der Waals surface area (Å²) >= 11 is 12.1. The summed E-state index contributed by atoms with van der Waals surface area (Å²) in [6.45, 7) is 3.89. The Balaban J connectivity index is 1.62. The zero-order chi connectivity index (χ0) is 18.8. The molecule has 140 valence electrons. The van der Waals surface area contributed by atoms with Crippen LogP contribution < -0.4 is 0 Å². The average Bonchev–Trinajstić information content (AvgIpc) is 3.13. The fraction of sp³-hybridized carbons (Fsp3) is 0.500. The molecule has 0 aliphatic carbocycles. The Labute approximate surface area is 162 Å². The van der Waals surface area contributed by atoms with Crippen molar-refractivity contribution in [1.82, 2.24) is 14.7 Å². The lowest BCUT2D eigenvalue weighted by molar-refractivity contribution is -0.143. The van der Waals surface area contributed by atoms with E-state index in [2.05, 4.69) is 0 Å². The van der Waals surface area contributed by atoms with Crippen LogP contribution in [0.15, 0.2) is 18.2 Å². The maximum atomic E-state index is 12.8. The molecule has 2 fully saturated rings. The van der Waals surface area contributed by atoms with Crippen LogP contribution in [0.1, 0.15) is 30.1 Å². The molecule has 6 nitrogen and oxygen atoms in total. The number of carbonyl (C=O) groups is 3. The molecule has 8 heteroatoms. The van der Waals surface area contributed by atoms with E-state index in [9.17, 15) is 14.4 Å². The quantitative estimate of drug-likeness (QED) is 0.768. The minimum atomic E-state index is -0.364. The first-order valence-electron chi connectivity index (χ1n) is 8.69. The lowest BCUT2D eigenvalue weighted by Crippen LogP contribution is -2.55. The Morgan fingerprint density at radius 2 is 1.65 bits per heavy atom. The molecular formula is C18H21Cl2N3O3. The molecular weight excluding hydrogens is 377 g/mol. The SMILES string of the molecule is CC(=O)N1CCCC1C(=O)N1CCN(C(=O)c2cccc(Cl)c2Cl)CC1. The van der Waals surface area contributed by atoms with E-state index >= 15 is 0 Å². The second-order valence-electron chi connectivity index (χ2n) is 6.59. The standard InChI is InChI=1S/C18H21Cl2N3O3/c1-12(24)23-7-3-6-15(23)18(26)22-10-8-21(9-11-22)17(25)13-4-2-5-14(19)16(13)20/h2,4-5,15H,3,6-11H2,1H3. The lowest BCUT2D eigenvalue weighted by atomic mass is 10.1. The highest BCUT2D eigenvalue weighted by Crippen LogP contribution is 2.27. The third-order valence-corrected chi connectivity index (χ3v) is 5.82. The fourth-order valence-corrected chi connectivity index (χ4v) is 3.96. The van der Waals surface area contributed by atoms with Crippen LogP contribution in [-0.4, -0.2) is 71.2 Å². The molecule has 1 unspecified atom stereocenters. The Hall–Kier alpha value is -1.79. The van der Waals surface area contributed by atoms with Gasteiger partial charge in [-0.05, 0) is 25.0 Å². The molecule has 0 aromatic heterocycles. The van der Waals surface area contributed by atoms with Crippen molar-refractivity contribution < 1.29 is 14.4 Å². The summed E-state index contributed by atoms with van der Waals surface area (Å²) in [5.74, 6) is -0.272. The molecule has 2 aliphatic rings. The lowest BCUT2D eigenvalue weighted by Gasteiger charge is -2.37. The highest BCUT2D eigenvalue weighted by Gasteiger charge is 2.36. The fourth-order valence-electron chi connectivity index (χ4n) is 3.58. The first-order valence-corrected chi connectivity index (χ1v) is 9.45. The van der Waals surface area contributed by atoms with Crippen LogP contribution in [0, 0.1) is 0 Å². The van der Waals surface area contributed by atoms with E-state index in [1.54, 1.807) is 32.9 Å². The molecule has 0 radical (unpaired) electrons. The van der Waals surface area contributed by atoms with E-state index in [-0.39, 0.29) is 28.8 Å². The van der Waals surface area contributed by atoms with E-state index in [0.29, 0.717) is 49.7 Å². The molecule has 2 heterocycles. The van der Waals surface area contributed by atoms with Gasteiger partial charge in [0.1, 0.15) is 6.04 Å². The van der Waals surface area contributed by atoms with Crippen molar-refractivity contribution in [2.45, 2.75) is 25.8 Å². The molecule has 3 amide bonds. The number of rotatable bonds is 2.